The smallest absolute Gasteiger partial charge is 0.306 e. The van der Waals surface area contributed by atoms with Crippen LogP contribution >= 0.6 is 0 Å². The van der Waals surface area contributed by atoms with E-state index in [0.717, 1.165) is 4.90 Å². The number of benzene rings is 2. The molecule has 6 heteroatoms. The minimum absolute atomic E-state index is 0.0137. The van der Waals surface area contributed by atoms with Crippen LogP contribution < -0.4 is 0 Å². The van der Waals surface area contributed by atoms with Gasteiger partial charge in [-0.1, -0.05) is 42.5 Å². The second kappa shape index (κ2) is 7.95. The van der Waals surface area contributed by atoms with Crippen molar-refractivity contribution < 1.29 is 23.9 Å². The van der Waals surface area contributed by atoms with E-state index in [0.29, 0.717) is 16.7 Å². The van der Waals surface area contributed by atoms with Crippen molar-refractivity contribution in [1.82, 2.24) is 4.90 Å². The predicted octanol–water partition coefficient (Wildman–Crippen LogP) is 2.88. The Morgan fingerprint density at radius 2 is 1.48 bits per heavy atom. The third-order valence-corrected chi connectivity index (χ3v) is 4.38. The van der Waals surface area contributed by atoms with Crippen molar-refractivity contribution in [2.24, 2.45) is 0 Å². The molecule has 6 nitrogen and oxygen atoms in total. The molecule has 1 aliphatic heterocycles. The zero-order valence-electron chi connectivity index (χ0n) is 14.9. The van der Waals surface area contributed by atoms with Gasteiger partial charge in [-0.2, -0.15) is 0 Å². The number of ether oxygens (including phenoxy) is 1. The van der Waals surface area contributed by atoms with E-state index < -0.39 is 12.1 Å². The van der Waals surface area contributed by atoms with Crippen molar-refractivity contribution >= 4 is 23.6 Å². The fraction of sp³-hybridized carbons (Fsp3) is 0.238. The van der Waals surface area contributed by atoms with Gasteiger partial charge in [0.15, 0.2) is 6.10 Å². The molecule has 0 saturated heterocycles. The van der Waals surface area contributed by atoms with Gasteiger partial charge in [-0.15, -0.1) is 0 Å². The molecule has 2 amide bonds. The highest BCUT2D eigenvalue weighted by Crippen LogP contribution is 2.22. The third kappa shape index (κ3) is 3.95. The summed E-state index contributed by atoms with van der Waals surface area (Å²) in [5, 5.41) is 0. The van der Waals surface area contributed by atoms with E-state index in [1.54, 1.807) is 54.6 Å². The van der Waals surface area contributed by atoms with Crippen LogP contribution in [0.4, 0.5) is 0 Å². The van der Waals surface area contributed by atoms with E-state index in [4.69, 9.17) is 4.74 Å². The maximum Gasteiger partial charge on any atom is 0.306 e. The molecular weight excluding hydrogens is 346 g/mol. The predicted molar refractivity (Wildman–Crippen MR) is 97.4 cm³/mol. The van der Waals surface area contributed by atoms with E-state index >= 15 is 0 Å². The summed E-state index contributed by atoms with van der Waals surface area (Å²) in [5.41, 5.74) is 1.24. The van der Waals surface area contributed by atoms with Crippen LogP contribution in [0.15, 0.2) is 54.6 Å². The molecule has 0 spiro atoms. The normalized spacial score (nSPS) is 14.0. The summed E-state index contributed by atoms with van der Waals surface area (Å²) in [6.45, 7) is 1.65. The first-order valence-electron chi connectivity index (χ1n) is 8.73. The Labute approximate surface area is 156 Å². The summed E-state index contributed by atoms with van der Waals surface area (Å²) < 4.78 is 5.17. The Morgan fingerprint density at radius 1 is 0.926 bits per heavy atom. The zero-order valence-corrected chi connectivity index (χ0v) is 14.9. The van der Waals surface area contributed by atoms with Gasteiger partial charge in [0, 0.05) is 18.5 Å². The number of imide groups is 1. The van der Waals surface area contributed by atoms with Crippen LogP contribution in [0.2, 0.25) is 0 Å². The molecule has 1 heterocycles. The lowest BCUT2D eigenvalue weighted by Crippen LogP contribution is -2.31. The van der Waals surface area contributed by atoms with Crippen molar-refractivity contribution in [2.75, 3.05) is 6.54 Å². The molecular formula is C21H19NO5. The molecule has 1 atom stereocenters. The lowest BCUT2D eigenvalue weighted by atomic mass is 10.1. The van der Waals surface area contributed by atoms with E-state index in [2.05, 4.69) is 0 Å². The topological polar surface area (TPSA) is 80.8 Å². The number of carbonyl (C=O) groups excluding carboxylic acids is 4. The molecule has 138 valence electrons. The molecule has 0 bridgehead atoms. The molecule has 0 aromatic heterocycles. The Hall–Kier alpha value is -3.28. The average molecular weight is 365 g/mol. The summed E-state index contributed by atoms with van der Waals surface area (Å²) in [4.78, 5) is 49.8. The third-order valence-electron chi connectivity index (χ3n) is 4.38. The first kappa shape index (κ1) is 18.5. The second-order valence-electron chi connectivity index (χ2n) is 6.27. The molecule has 0 aliphatic carbocycles. The van der Waals surface area contributed by atoms with Crippen molar-refractivity contribution in [3.05, 3.63) is 71.3 Å². The Bertz CT molecular complexity index is 855. The number of amides is 2. The first-order chi connectivity index (χ1) is 13.0. The van der Waals surface area contributed by atoms with Gasteiger partial charge in [0.1, 0.15) is 0 Å². The molecule has 3 rings (SSSR count). The number of esters is 1. The average Bonchev–Trinajstić information content (AvgIpc) is 2.93. The SMILES string of the molecule is CC(OC(=O)CCCN1C(=O)c2ccccc2C1=O)C(=O)c1ccccc1. The molecule has 1 aliphatic rings. The fourth-order valence-electron chi connectivity index (χ4n) is 2.97. The lowest BCUT2D eigenvalue weighted by molar-refractivity contribution is -0.146. The highest BCUT2D eigenvalue weighted by molar-refractivity contribution is 6.21. The molecule has 0 radical (unpaired) electrons. The van der Waals surface area contributed by atoms with E-state index in [9.17, 15) is 19.2 Å². The number of rotatable bonds is 7. The maximum absolute atomic E-state index is 12.3. The van der Waals surface area contributed by atoms with Crippen LogP contribution in [0.1, 0.15) is 50.8 Å². The second-order valence-corrected chi connectivity index (χ2v) is 6.27. The standard InChI is InChI=1S/C21H19NO5/c1-14(19(24)15-8-3-2-4-9-15)27-18(23)12-7-13-22-20(25)16-10-5-6-11-17(16)21(22)26/h2-6,8-11,14H,7,12-13H2,1H3. The summed E-state index contributed by atoms with van der Waals surface area (Å²) in [6.07, 6.45) is -0.602. The van der Waals surface area contributed by atoms with Crippen LogP contribution in [0.25, 0.3) is 0 Å². The minimum Gasteiger partial charge on any atom is -0.454 e. The number of carbonyl (C=O) groups is 4. The van der Waals surface area contributed by atoms with Gasteiger partial charge < -0.3 is 4.74 Å². The summed E-state index contributed by atoms with van der Waals surface area (Å²) in [7, 11) is 0. The summed E-state index contributed by atoms with van der Waals surface area (Å²) in [5.74, 6) is -1.51. The van der Waals surface area contributed by atoms with Crippen LogP contribution in [-0.4, -0.2) is 41.1 Å². The number of hydrogen-bond acceptors (Lipinski definition) is 5. The van der Waals surface area contributed by atoms with Crippen LogP contribution in [0.3, 0.4) is 0 Å². The van der Waals surface area contributed by atoms with E-state index in [-0.39, 0.29) is 37.0 Å². The van der Waals surface area contributed by atoms with Gasteiger partial charge in [-0.3, -0.25) is 24.1 Å². The summed E-state index contributed by atoms with van der Waals surface area (Å²) >= 11 is 0. The Kier molecular flexibility index (Phi) is 5.45. The number of nitrogens with zero attached hydrogens (tertiary/aromatic N) is 1. The van der Waals surface area contributed by atoms with Gasteiger partial charge in [-0.25, -0.2) is 0 Å². The monoisotopic (exact) mass is 365 g/mol. The van der Waals surface area contributed by atoms with Crippen molar-refractivity contribution in [2.45, 2.75) is 25.9 Å². The van der Waals surface area contributed by atoms with Crippen molar-refractivity contribution in [1.29, 1.82) is 0 Å². The Balaban J connectivity index is 1.48. The van der Waals surface area contributed by atoms with Crippen molar-refractivity contribution in [3.63, 3.8) is 0 Å². The molecule has 0 fully saturated rings. The van der Waals surface area contributed by atoms with E-state index in [1.807, 2.05) is 0 Å². The highest BCUT2D eigenvalue weighted by Gasteiger charge is 2.34. The highest BCUT2D eigenvalue weighted by atomic mass is 16.5. The number of ketones is 1. The number of Topliss-reactive ketones (excluding diaryl/α,β-unsaturated/α-hetero) is 1. The lowest BCUT2D eigenvalue weighted by Gasteiger charge is -2.15. The minimum atomic E-state index is -0.890. The van der Waals surface area contributed by atoms with Gasteiger partial charge in [-0.05, 0) is 25.5 Å². The number of hydrogen-bond donors (Lipinski definition) is 0. The van der Waals surface area contributed by atoms with Gasteiger partial charge >= 0.3 is 5.97 Å². The van der Waals surface area contributed by atoms with Crippen molar-refractivity contribution in [3.8, 4) is 0 Å². The molecule has 2 aromatic rings. The summed E-state index contributed by atoms with van der Waals surface area (Å²) in [6, 6.07) is 15.2. The maximum atomic E-state index is 12.3. The van der Waals surface area contributed by atoms with Crippen LogP contribution in [0.5, 0.6) is 0 Å². The van der Waals surface area contributed by atoms with Crippen LogP contribution in [-0.2, 0) is 9.53 Å². The molecule has 2 aromatic carbocycles. The van der Waals surface area contributed by atoms with Gasteiger partial charge in [0.2, 0.25) is 5.78 Å². The molecule has 27 heavy (non-hydrogen) atoms. The Morgan fingerprint density at radius 3 is 2.07 bits per heavy atom. The van der Waals surface area contributed by atoms with Crippen LogP contribution in [0, 0.1) is 0 Å². The van der Waals surface area contributed by atoms with Gasteiger partial charge in [0.25, 0.3) is 11.8 Å². The van der Waals surface area contributed by atoms with Gasteiger partial charge in [0.05, 0.1) is 11.1 Å². The zero-order chi connectivity index (χ0) is 19.4. The quantitative estimate of drug-likeness (QED) is 0.428. The molecule has 1 unspecified atom stereocenters. The largest absolute Gasteiger partial charge is 0.454 e. The first-order valence-corrected chi connectivity index (χ1v) is 8.73. The number of fused-ring (bicyclic) bond motifs is 1. The molecule has 0 N–H and O–H groups in total. The fourth-order valence-corrected chi connectivity index (χ4v) is 2.97. The molecule has 0 saturated carbocycles. The van der Waals surface area contributed by atoms with E-state index in [1.165, 1.54) is 6.92 Å².